The summed E-state index contributed by atoms with van der Waals surface area (Å²) in [5.74, 6) is 1.16. The van der Waals surface area contributed by atoms with Crippen LogP contribution in [0, 0.1) is 19.8 Å². The normalized spacial score (nSPS) is 26.0. The van der Waals surface area contributed by atoms with E-state index >= 15 is 0 Å². The number of methoxy groups -OCH3 is 1. The maximum absolute atomic E-state index is 13.1. The number of rotatable bonds is 3. The smallest absolute Gasteiger partial charge is 0.243 e. The van der Waals surface area contributed by atoms with E-state index in [9.17, 15) is 8.42 Å². The number of hydrogen-bond donors (Lipinski definition) is 1. The van der Waals surface area contributed by atoms with Gasteiger partial charge in [0.25, 0.3) is 0 Å². The van der Waals surface area contributed by atoms with E-state index in [2.05, 4.69) is 5.32 Å². The van der Waals surface area contributed by atoms with Crippen LogP contribution in [-0.4, -0.2) is 45.5 Å². The molecule has 3 rings (SSSR count). The van der Waals surface area contributed by atoms with Crippen molar-refractivity contribution >= 4 is 10.0 Å². The van der Waals surface area contributed by atoms with Crippen LogP contribution in [0.3, 0.4) is 0 Å². The molecular weight excluding hydrogens is 288 g/mol. The number of benzene rings is 1. The maximum atomic E-state index is 13.1. The fourth-order valence-electron chi connectivity index (χ4n) is 3.66. The topological polar surface area (TPSA) is 58.6 Å². The molecule has 1 aromatic carbocycles. The molecule has 2 aliphatic rings. The minimum Gasteiger partial charge on any atom is -0.497 e. The Morgan fingerprint density at radius 1 is 1.24 bits per heavy atom. The van der Waals surface area contributed by atoms with Gasteiger partial charge < -0.3 is 10.1 Å². The van der Waals surface area contributed by atoms with Gasteiger partial charge in [-0.1, -0.05) is 0 Å². The molecule has 0 spiro atoms. The van der Waals surface area contributed by atoms with Crippen molar-refractivity contribution in [3.8, 4) is 5.75 Å². The third-order valence-corrected chi connectivity index (χ3v) is 6.86. The van der Waals surface area contributed by atoms with Gasteiger partial charge in [-0.25, -0.2) is 8.42 Å². The van der Waals surface area contributed by atoms with Crippen LogP contribution in [-0.2, 0) is 10.0 Å². The molecule has 0 amide bonds. The number of sulfonamides is 1. The molecule has 6 heteroatoms. The highest BCUT2D eigenvalue weighted by Crippen LogP contribution is 2.35. The molecule has 2 saturated heterocycles. The third-order valence-electron chi connectivity index (χ3n) is 4.63. The summed E-state index contributed by atoms with van der Waals surface area (Å²) in [7, 11) is -1.85. The van der Waals surface area contributed by atoms with E-state index in [1.54, 1.807) is 23.5 Å². The lowest BCUT2D eigenvalue weighted by Gasteiger charge is -2.25. The Morgan fingerprint density at radius 2 is 1.90 bits per heavy atom. The Bertz CT molecular complexity index is 634. The lowest BCUT2D eigenvalue weighted by atomic mass is 10.1. The second-order valence-corrected chi connectivity index (χ2v) is 7.81. The quantitative estimate of drug-likeness (QED) is 0.914. The molecule has 0 aromatic heterocycles. The predicted molar refractivity (Wildman–Crippen MR) is 81.1 cm³/mol. The molecule has 0 saturated carbocycles. The molecule has 0 bridgehead atoms. The molecule has 1 aromatic rings. The molecule has 116 valence electrons. The van der Waals surface area contributed by atoms with Crippen molar-refractivity contribution in [1.29, 1.82) is 0 Å². The second-order valence-electron chi connectivity index (χ2n) is 5.98. The van der Waals surface area contributed by atoms with Gasteiger partial charge in [0.2, 0.25) is 10.0 Å². The molecule has 2 fully saturated rings. The average Bonchev–Trinajstić information content (AvgIpc) is 2.98. The van der Waals surface area contributed by atoms with E-state index in [1.165, 1.54) is 0 Å². The zero-order valence-corrected chi connectivity index (χ0v) is 13.5. The minimum absolute atomic E-state index is 0.107. The van der Waals surface area contributed by atoms with E-state index in [4.69, 9.17) is 4.74 Å². The average molecular weight is 310 g/mol. The largest absolute Gasteiger partial charge is 0.497 e. The summed E-state index contributed by atoms with van der Waals surface area (Å²) >= 11 is 0. The van der Waals surface area contributed by atoms with Gasteiger partial charge in [-0.3, -0.25) is 0 Å². The van der Waals surface area contributed by atoms with Gasteiger partial charge in [0.05, 0.1) is 12.0 Å². The highest BCUT2D eigenvalue weighted by Gasteiger charge is 2.44. The zero-order chi connectivity index (χ0) is 15.2. The molecule has 0 unspecified atom stereocenters. The van der Waals surface area contributed by atoms with Gasteiger partial charge in [0.15, 0.2) is 0 Å². The Labute approximate surface area is 126 Å². The summed E-state index contributed by atoms with van der Waals surface area (Å²) in [6.45, 7) is 5.99. The lowest BCUT2D eigenvalue weighted by Crippen LogP contribution is -2.39. The number of nitrogens with zero attached hydrogens (tertiary/aromatic N) is 1. The van der Waals surface area contributed by atoms with Crippen molar-refractivity contribution in [1.82, 2.24) is 9.62 Å². The minimum atomic E-state index is -3.44. The fraction of sp³-hybridized carbons (Fsp3) is 0.600. The van der Waals surface area contributed by atoms with Crippen LogP contribution in [0.4, 0.5) is 0 Å². The molecule has 0 radical (unpaired) electrons. The predicted octanol–water partition coefficient (Wildman–Crippen LogP) is 1.29. The Kier molecular flexibility index (Phi) is 3.71. The van der Waals surface area contributed by atoms with Crippen LogP contribution >= 0.6 is 0 Å². The highest BCUT2D eigenvalue weighted by atomic mass is 32.2. The van der Waals surface area contributed by atoms with E-state index in [-0.39, 0.29) is 6.04 Å². The molecule has 1 N–H and O–H groups in total. The first kappa shape index (κ1) is 14.8. The van der Waals surface area contributed by atoms with Gasteiger partial charge in [0, 0.05) is 19.1 Å². The van der Waals surface area contributed by atoms with Gasteiger partial charge in [-0.05, 0) is 56.0 Å². The van der Waals surface area contributed by atoms with E-state index < -0.39 is 10.0 Å². The standard InChI is InChI=1S/C15H22N2O3S/c1-10-6-13(20-3)7-11(2)15(10)21(18,19)17-5-4-12-8-16-9-14(12)17/h6-7,12,14,16H,4-5,8-9H2,1-3H3/t12-,14+/m0/s1. The van der Waals surface area contributed by atoms with Crippen molar-refractivity contribution in [3.63, 3.8) is 0 Å². The SMILES string of the molecule is COc1cc(C)c(S(=O)(=O)N2CC[C@H]3CNC[C@H]32)c(C)c1. The molecule has 0 aliphatic carbocycles. The zero-order valence-electron chi connectivity index (χ0n) is 12.7. The van der Waals surface area contributed by atoms with Crippen LogP contribution < -0.4 is 10.1 Å². The Balaban J connectivity index is 2.03. The summed E-state index contributed by atoms with van der Waals surface area (Å²) in [6, 6.07) is 3.69. The summed E-state index contributed by atoms with van der Waals surface area (Å²) in [6.07, 6.45) is 0.950. The van der Waals surface area contributed by atoms with Gasteiger partial charge in [-0.15, -0.1) is 0 Å². The summed E-state index contributed by atoms with van der Waals surface area (Å²) < 4.78 is 33.1. The number of ether oxygens (including phenoxy) is 1. The van der Waals surface area contributed by atoms with E-state index in [0.29, 0.717) is 23.1 Å². The van der Waals surface area contributed by atoms with Gasteiger partial charge in [-0.2, -0.15) is 4.31 Å². The van der Waals surface area contributed by atoms with E-state index in [1.807, 2.05) is 13.8 Å². The second kappa shape index (κ2) is 5.26. The molecule has 2 heterocycles. The first-order valence-electron chi connectivity index (χ1n) is 7.33. The molecular formula is C15H22N2O3S. The monoisotopic (exact) mass is 310 g/mol. The fourth-order valence-corrected chi connectivity index (χ4v) is 5.78. The van der Waals surface area contributed by atoms with Crippen molar-refractivity contribution in [2.24, 2.45) is 5.92 Å². The summed E-state index contributed by atoms with van der Waals surface area (Å²) in [5.41, 5.74) is 1.50. The number of fused-ring (bicyclic) bond motifs is 1. The van der Waals surface area contributed by atoms with Crippen molar-refractivity contribution < 1.29 is 13.2 Å². The van der Waals surface area contributed by atoms with Crippen LogP contribution in [0.1, 0.15) is 17.5 Å². The number of nitrogens with one attached hydrogen (secondary N) is 1. The van der Waals surface area contributed by atoms with Crippen molar-refractivity contribution in [2.45, 2.75) is 31.2 Å². The molecule has 2 atom stereocenters. The summed E-state index contributed by atoms with van der Waals surface area (Å²) in [5, 5.41) is 3.30. The number of hydrogen-bond acceptors (Lipinski definition) is 4. The maximum Gasteiger partial charge on any atom is 0.243 e. The Hall–Kier alpha value is -1.11. The third kappa shape index (κ3) is 2.35. The Morgan fingerprint density at radius 3 is 2.52 bits per heavy atom. The van der Waals surface area contributed by atoms with Crippen LogP contribution in [0.25, 0.3) is 0 Å². The number of aryl methyl sites for hydroxylation is 2. The van der Waals surface area contributed by atoms with Gasteiger partial charge >= 0.3 is 0 Å². The van der Waals surface area contributed by atoms with Gasteiger partial charge in [0.1, 0.15) is 5.75 Å². The van der Waals surface area contributed by atoms with Crippen LogP contribution in [0.5, 0.6) is 5.75 Å². The van der Waals surface area contributed by atoms with Crippen molar-refractivity contribution in [2.75, 3.05) is 26.7 Å². The molecule has 21 heavy (non-hydrogen) atoms. The summed E-state index contributed by atoms with van der Waals surface area (Å²) in [4.78, 5) is 0.441. The first-order valence-corrected chi connectivity index (χ1v) is 8.77. The molecule has 2 aliphatic heterocycles. The molecule has 5 nitrogen and oxygen atoms in total. The van der Waals surface area contributed by atoms with Crippen LogP contribution in [0.2, 0.25) is 0 Å². The highest BCUT2D eigenvalue weighted by molar-refractivity contribution is 7.89. The van der Waals surface area contributed by atoms with Crippen molar-refractivity contribution in [3.05, 3.63) is 23.3 Å². The first-order chi connectivity index (χ1) is 9.95. The van der Waals surface area contributed by atoms with Crippen LogP contribution in [0.15, 0.2) is 17.0 Å². The lowest BCUT2D eigenvalue weighted by molar-refractivity contribution is 0.382. The van der Waals surface area contributed by atoms with E-state index in [0.717, 1.165) is 30.6 Å².